The van der Waals surface area contributed by atoms with Gasteiger partial charge in [0.15, 0.2) is 5.76 Å². The molecule has 0 unspecified atom stereocenters. The summed E-state index contributed by atoms with van der Waals surface area (Å²) in [5, 5.41) is 11.8. The number of nitro groups is 1. The van der Waals surface area contributed by atoms with E-state index in [4.69, 9.17) is 8.83 Å². The highest BCUT2D eigenvalue weighted by atomic mass is 16.6. The summed E-state index contributed by atoms with van der Waals surface area (Å²) in [4.78, 5) is 23.2. The molecule has 0 radical (unpaired) electrons. The summed E-state index contributed by atoms with van der Waals surface area (Å²) < 4.78 is 10.7. The Hall–Kier alpha value is -3.67. The highest BCUT2D eigenvalue weighted by Crippen LogP contribution is 2.33. The number of benzene rings is 2. The molecule has 0 spiro atoms. The largest absolute Gasteiger partial charge is 0.464 e. The molecule has 6 nitrogen and oxygen atoms in total. The number of carbonyl (C=O) groups is 1. The molecule has 0 fully saturated rings. The van der Waals surface area contributed by atoms with E-state index in [1.807, 2.05) is 0 Å². The summed E-state index contributed by atoms with van der Waals surface area (Å²) >= 11 is 0. The Kier molecular flexibility index (Phi) is 3.43. The Morgan fingerprint density at radius 3 is 2.60 bits per heavy atom. The van der Waals surface area contributed by atoms with E-state index in [0.717, 1.165) is 5.39 Å². The first-order valence-corrected chi connectivity index (χ1v) is 7.48. The van der Waals surface area contributed by atoms with Gasteiger partial charge in [0.05, 0.1) is 17.4 Å². The van der Waals surface area contributed by atoms with Crippen molar-refractivity contribution in [1.29, 1.82) is 0 Å². The van der Waals surface area contributed by atoms with Gasteiger partial charge in [-0.3, -0.25) is 14.9 Å². The molecule has 0 amide bonds. The third-order valence-electron chi connectivity index (χ3n) is 3.93. The second kappa shape index (κ2) is 5.76. The van der Waals surface area contributed by atoms with Crippen LogP contribution < -0.4 is 0 Å². The summed E-state index contributed by atoms with van der Waals surface area (Å²) in [5.74, 6) is -0.0346. The van der Waals surface area contributed by atoms with Gasteiger partial charge in [-0.25, -0.2) is 0 Å². The molecule has 0 saturated carbocycles. The van der Waals surface area contributed by atoms with Crippen LogP contribution in [0, 0.1) is 10.1 Å². The molecule has 4 aromatic rings. The van der Waals surface area contributed by atoms with Gasteiger partial charge < -0.3 is 8.83 Å². The van der Waals surface area contributed by atoms with E-state index < -0.39 is 4.92 Å². The normalized spacial score (nSPS) is 10.9. The lowest BCUT2D eigenvalue weighted by molar-refractivity contribution is -0.384. The zero-order chi connectivity index (χ0) is 17.4. The number of nitrogens with zero attached hydrogens (tertiary/aromatic N) is 1. The molecule has 0 saturated heterocycles. The monoisotopic (exact) mass is 333 g/mol. The van der Waals surface area contributed by atoms with Crippen LogP contribution >= 0.6 is 0 Å². The molecule has 25 heavy (non-hydrogen) atoms. The third-order valence-corrected chi connectivity index (χ3v) is 3.93. The topological polar surface area (TPSA) is 86.5 Å². The standard InChI is InChI=1S/C19H11NO5/c21-18(17-5-2-7-24-17)14-9-13-6-8-25-19(13)16(11-14)12-3-1-4-15(10-12)20(22)23/h1-11H. The fourth-order valence-electron chi connectivity index (χ4n) is 2.76. The maximum Gasteiger partial charge on any atom is 0.270 e. The molecule has 0 aliphatic heterocycles. The van der Waals surface area contributed by atoms with E-state index in [0.29, 0.717) is 22.3 Å². The number of non-ortho nitro benzene ring substituents is 1. The molecule has 0 bridgehead atoms. The van der Waals surface area contributed by atoms with Gasteiger partial charge in [0.2, 0.25) is 5.78 Å². The number of nitro benzene ring substituents is 1. The molecule has 2 heterocycles. The summed E-state index contributed by atoms with van der Waals surface area (Å²) in [6.45, 7) is 0. The van der Waals surface area contributed by atoms with Crippen LogP contribution in [-0.2, 0) is 0 Å². The van der Waals surface area contributed by atoms with Gasteiger partial charge in [-0.1, -0.05) is 12.1 Å². The molecule has 6 heteroatoms. The SMILES string of the molecule is O=C(c1cc(-c2cccc([N+](=O)[O-])c2)c2occc2c1)c1ccco1. The van der Waals surface area contributed by atoms with Crippen molar-refractivity contribution >= 4 is 22.4 Å². The molecule has 122 valence electrons. The van der Waals surface area contributed by atoms with Gasteiger partial charge in [0.25, 0.3) is 5.69 Å². The van der Waals surface area contributed by atoms with Crippen LogP contribution in [0.25, 0.3) is 22.1 Å². The van der Waals surface area contributed by atoms with E-state index in [2.05, 4.69) is 0 Å². The first-order chi connectivity index (χ1) is 12.1. The fourth-order valence-corrected chi connectivity index (χ4v) is 2.76. The number of rotatable bonds is 4. The highest BCUT2D eigenvalue weighted by Gasteiger charge is 2.18. The van der Waals surface area contributed by atoms with Crippen molar-refractivity contribution < 1.29 is 18.6 Å². The number of furan rings is 2. The highest BCUT2D eigenvalue weighted by molar-refractivity contribution is 6.10. The van der Waals surface area contributed by atoms with E-state index >= 15 is 0 Å². The lowest BCUT2D eigenvalue weighted by Gasteiger charge is -2.06. The number of fused-ring (bicyclic) bond motifs is 1. The van der Waals surface area contributed by atoms with Crippen LogP contribution in [0.15, 0.2) is 76.0 Å². The van der Waals surface area contributed by atoms with Crippen molar-refractivity contribution in [2.24, 2.45) is 0 Å². The second-order valence-electron chi connectivity index (χ2n) is 5.48. The summed E-state index contributed by atoms with van der Waals surface area (Å²) in [5.41, 5.74) is 2.17. The molecule has 0 atom stereocenters. The Morgan fingerprint density at radius 1 is 0.960 bits per heavy atom. The summed E-state index contributed by atoms with van der Waals surface area (Å²) in [7, 11) is 0. The minimum Gasteiger partial charge on any atom is -0.464 e. The molecule has 0 aliphatic rings. The van der Waals surface area contributed by atoms with Crippen molar-refractivity contribution in [3.05, 3.63) is 88.6 Å². The lowest BCUT2D eigenvalue weighted by atomic mass is 9.97. The van der Waals surface area contributed by atoms with Gasteiger partial charge in [-0.15, -0.1) is 0 Å². The van der Waals surface area contributed by atoms with Crippen LogP contribution in [0.2, 0.25) is 0 Å². The van der Waals surface area contributed by atoms with Gasteiger partial charge in [-0.2, -0.15) is 0 Å². The number of ketones is 1. The maximum atomic E-state index is 12.6. The first kappa shape index (κ1) is 14.9. The van der Waals surface area contributed by atoms with Crippen molar-refractivity contribution in [1.82, 2.24) is 0 Å². The molecule has 2 aromatic heterocycles. The zero-order valence-corrected chi connectivity index (χ0v) is 12.8. The predicted octanol–water partition coefficient (Wildman–Crippen LogP) is 4.83. The van der Waals surface area contributed by atoms with Crippen LogP contribution in [-0.4, -0.2) is 10.7 Å². The summed E-state index contributed by atoms with van der Waals surface area (Å²) in [6, 6.07) is 14.6. The van der Waals surface area contributed by atoms with Crippen LogP contribution in [0.5, 0.6) is 0 Å². The molecule has 0 N–H and O–H groups in total. The van der Waals surface area contributed by atoms with Gasteiger partial charge >= 0.3 is 0 Å². The Bertz CT molecular complexity index is 1090. The fraction of sp³-hybridized carbons (Fsp3) is 0. The van der Waals surface area contributed by atoms with E-state index in [1.165, 1.54) is 24.7 Å². The Balaban J connectivity index is 1.91. The Morgan fingerprint density at radius 2 is 1.84 bits per heavy atom. The van der Waals surface area contributed by atoms with E-state index in [1.54, 1.807) is 42.5 Å². The molecule has 0 aliphatic carbocycles. The smallest absolute Gasteiger partial charge is 0.270 e. The summed E-state index contributed by atoms with van der Waals surface area (Å²) in [6.07, 6.45) is 2.96. The van der Waals surface area contributed by atoms with E-state index in [9.17, 15) is 14.9 Å². The minimum atomic E-state index is -0.458. The van der Waals surface area contributed by atoms with E-state index in [-0.39, 0.29) is 17.2 Å². The number of hydrogen-bond acceptors (Lipinski definition) is 5. The van der Waals surface area contributed by atoms with Crippen molar-refractivity contribution in [2.75, 3.05) is 0 Å². The second-order valence-corrected chi connectivity index (χ2v) is 5.48. The minimum absolute atomic E-state index is 0.0278. The predicted molar refractivity (Wildman–Crippen MR) is 90.4 cm³/mol. The molecular weight excluding hydrogens is 322 g/mol. The van der Waals surface area contributed by atoms with Gasteiger partial charge in [0.1, 0.15) is 5.58 Å². The molecule has 2 aromatic carbocycles. The van der Waals surface area contributed by atoms with Crippen molar-refractivity contribution in [3.8, 4) is 11.1 Å². The van der Waals surface area contributed by atoms with Crippen molar-refractivity contribution in [3.63, 3.8) is 0 Å². The molecule has 4 rings (SSSR count). The van der Waals surface area contributed by atoms with Crippen LogP contribution in [0.4, 0.5) is 5.69 Å². The van der Waals surface area contributed by atoms with Crippen LogP contribution in [0.3, 0.4) is 0 Å². The Labute approximate surface area is 141 Å². The zero-order valence-electron chi connectivity index (χ0n) is 12.8. The van der Waals surface area contributed by atoms with Crippen molar-refractivity contribution in [2.45, 2.75) is 0 Å². The van der Waals surface area contributed by atoms with Gasteiger partial charge in [0, 0.05) is 28.6 Å². The quantitative estimate of drug-likeness (QED) is 0.303. The first-order valence-electron chi connectivity index (χ1n) is 7.48. The average Bonchev–Trinajstić information content (AvgIpc) is 3.31. The lowest BCUT2D eigenvalue weighted by Crippen LogP contribution is -2.00. The maximum absolute atomic E-state index is 12.6. The van der Waals surface area contributed by atoms with Gasteiger partial charge in [-0.05, 0) is 35.9 Å². The number of carbonyl (C=O) groups excluding carboxylic acids is 1. The van der Waals surface area contributed by atoms with Crippen LogP contribution in [0.1, 0.15) is 16.1 Å². The number of hydrogen-bond donors (Lipinski definition) is 0. The average molecular weight is 333 g/mol. The molecular formula is C19H11NO5. The third kappa shape index (κ3) is 2.59.